The molecule has 4 rings (SSSR count). The first kappa shape index (κ1) is 29.3. The zero-order chi connectivity index (χ0) is 28.2. The number of hydrogen-bond donors (Lipinski definition) is 5. The molecule has 2 fully saturated rings. The Morgan fingerprint density at radius 3 is 2.67 bits per heavy atom. The van der Waals surface area contributed by atoms with Gasteiger partial charge in [0.15, 0.2) is 0 Å². The molecule has 2 amide bonds. The molecule has 39 heavy (non-hydrogen) atoms. The van der Waals surface area contributed by atoms with Gasteiger partial charge in [0, 0.05) is 42.5 Å². The Bertz CT molecular complexity index is 1170. The van der Waals surface area contributed by atoms with Crippen LogP contribution in [0, 0.1) is 18.8 Å². The van der Waals surface area contributed by atoms with Crippen molar-refractivity contribution >= 4 is 23.6 Å². The summed E-state index contributed by atoms with van der Waals surface area (Å²) in [4.78, 5) is 26.3. The van der Waals surface area contributed by atoms with E-state index in [1.807, 2.05) is 48.2 Å². The molecule has 2 aromatic carbocycles. The number of carbonyl (C=O) groups is 2. The summed E-state index contributed by atoms with van der Waals surface area (Å²) < 4.78 is 0. The number of benzene rings is 2. The number of hydrogen-bond acceptors (Lipinski definition) is 5. The fourth-order valence-corrected chi connectivity index (χ4v) is 6.60. The van der Waals surface area contributed by atoms with E-state index in [4.69, 9.17) is 22.4 Å². The Morgan fingerprint density at radius 1 is 1.21 bits per heavy atom. The zero-order valence-electron chi connectivity index (χ0n) is 22.5. The smallest absolute Gasteiger partial charge is 0.404 e. The second-order valence-corrected chi connectivity index (χ2v) is 11.6. The van der Waals surface area contributed by atoms with Crippen LogP contribution in [0.4, 0.5) is 4.79 Å². The Labute approximate surface area is 235 Å². The van der Waals surface area contributed by atoms with E-state index in [0.29, 0.717) is 50.2 Å². The number of nitrogens with zero attached hydrogens (tertiary/aromatic N) is 1. The number of halogens is 1. The summed E-state index contributed by atoms with van der Waals surface area (Å²) in [5.41, 5.74) is 8.43. The van der Waals surface area contributed by atoms with Crippen LogP contribution in [0.2, 0.25) is 5.02 Å². The molecule has 0 bridgehead atoms. The third kappa shape index (κ3) is 6.92. The van der Waals surface area contributed by atoms with Gasteiger partial charge in [-0.1, -0.05) is 53.6 Å². The standard InChI is InChI=1S/C30H40ClN3O5/c1-19-6-2-7-20(14-19)15-23-24(9-3-10-25(23)31)30(39,11-5-12-33-29(37)38)22-8-4-13-34(18-22)28(36)21-16-26(32)27(35)17-21/h2-3,6-7,9-10,14,21-22,26-27,33,35,39H,4-5,8,11-13,15-18,32H2,1H3,(H,37,38). The van der Waals surface area contributed by atoms with Crippen LogP contribution in [0.3, 0.4) is 0 Å². The predicted molar refractivity (Wildman–Crippen MR) is 151 cm³/mol. The van der Waals surface area contributed by atoms with Gasteiger partial charge in [-0.15, -0.1) is 0 Å². The molecule has 0 spiro atoms. The van der Waals surface area contributed by atoms with Gasteiger partial charge in [-0.25, -0.2) is 4.79 Å². The van der Waals surface area contributed by atoms with Crippen LogP contribution in [-0.4, -0.2) is 64.0 Å². The fraction of sp³-hybridized carbons (Fsp3) is 0.533. The molecule has 6 N–H and O–H groups in total. The van der Waals surface area contributed by atoms with E-state index in [-0.39, 0.29) is 24.3 Å². The molecule has 5 unspecified atom stereocenters. The van der Waals surface area contributed by atoms with Crippen molar-refractivity contribution < 1.29 is 24.9 Å². The van der Waals surface area contributed by atoms with E-state index in [9.17, 15) is 19.8 Å². The van der Waals surface area contributed by atoms with Crippen LogP contribution in [-0.2, 0) is 16.8 Å². The second-order valence-electron chi connectivity index (χ2n) is 11.2. The largest absolute Gasteiger partial charge is 0.465 e. The summed E-state index contributed by atoms with van der Waals surface area (Å²) in [5.74, 6) is -0.605. The van der Waals surface area contributed by atoms with Crippen molar-refractivity contribution in [1.29, 1.82) is 0 Å². The van der Waals surface area contributed by atoms with E-state index in [1.54, 1.807) is 0 Å². The highest BCUT2D eigenvalue weighted by molar-refractivity contribution is 6.31. The number of aliphatic hydroxyl groups excluding tert-OH is 1. The number of nitrogens with two attached hydrogens (primary N) is 1. The van der Waals surface area contributed by atoms with Crippen LogP contribution < -0.4 is 11.1 Å². The van der Waals surface area contributed by atoms with Crippen molar-refractivity contribution in [2.24, 2.45) is 17.6 Å². The molecule has 212 valence electrons. The van der Waals surface area contributed by atoms with Gasteiger partial charge in [0.2, 0.25) is 5.91 Å². The Balaban J connectivity index is 1.64. The average Bonchev–Trinajstić information content (AvgIpc) is 3.25. The summed E-state index contributed by atoms with van der Waals surface area (Å²) in [6.07, 6.45) is 1.78. The minimum Gasteiger partial charge on any atom is -0.465 e. The number of carboxylic acid groups (broad SMARTS) is 1. The summed E-state index contributed by atoms with van der Waals surface area (Å²) in [6, 6.07) is 13.4. The van der Waals surface area contributed by atoms with Gasteiger partial charge in [-0.2, -0.15) is 0 Å². The maximum absolute atomic E-state index is 13.4. The lowest BCUT2D eigenvalue weighted by Gasteiger charge is -2.44. The highest BCUT2D eigenvalue weighted by Crippen LogP contribution is 2.43. The van der Waals surface area contributed by atoms with Gasteiger partial charge in [0.1, 0.15) is 0 Å². The molecular weight excluding hydrogens is 518 g/mol. The topological polar surface area (TPSA) is 136 Å². The number of piperidine rings is 1. The molecule has 1 saturated carbocycles. The van der Waals surface area contributed by atoms with E-state index in [1.165, 1.54) is 0 Å². The van der Waals surface area contributed by atoms with Crippen LogP contribution in [0.25, 0.3) is 0 Å². The zero-order valence-corrected chi connectivity index (χ0v) is 23.2. The second kappa shape index (κ2) is 12.7. The number of nitrogens with one attached hydrogen (secondary N) is 1. The lowest BCUT2D eigenvalue weighted by atomic mass is 9.72. The van der Waals surface area contributed by atoms with E-state index >= 15 is 0 Å². The van der Waals surface area contributed by atoms with E-state index in [2.05, 4.69) is 11.4 Å². The number of aryl methyl sites for hydroxylation is 1. The summed E-state index contributed by atoms with van der Waals surface area (Å²) >= 11 is 6.76. The van der Waals surface area contributed by atoms with Crippen molar-refractivity contribution in [3.63, 3.8) is 0 Å². The van der Waals surface area contributed by atoms with E-state index < -0.39 is 23.8 Å². The Morgan fingerprint density at radius 2 is 1.97 bits per heavy atom. The molecule has 1 aliphatic carbocycles. The molecule has 8 nitrogen and oxygen atoms in total. The fourth-order valence-electron chi connectivity index (χ4n) is 6.36. The first-order valence-electron chi connectivity index (χ1n) is 13.8. The van der Waals surface area contributed by atoms with Crippen LogP contribution in [0.15, 0.2) is 42.5 Å². The first-order valence-corrected chi connectivity index (χ1v) is 14.2. The van der Waals surface area contributed by atoms with Gasteiger partial charge < -0.3 is 31.3 Å². The number of rotatable bonds is 9. The number of amides is 2. The van der Waals surface area contributed by atoms with Crippen molar-refractivity contribution in [3.8, 4) is 0 Å². The molecule has 1 saturated heterocycles. The van der Waals surface area contributed by atoms with Gasteiger partial charge >= 0.3 is 6.09 Å². The van der Waals surface area contributed by atoms with Gasteiger partial charge in [0.05, 0.1) is 11.7 Å². The minimum absolute atomic E-state index is 0.0207. The lowest BCUT2D eigenvalue weighted by molar-refractivity contribution is -0.141. The summed E-state index contributed by atoms with van der Waals surface area (Å²) in [7, 11) is 0. The van der Waals surface area contributed by atoms with Crippen molar-refractivity contribution in [2.75, 3.05) is 19.6 Å². The minimum atomic E-state index is -1.32. The molecule has 0 radical (unpaired) electrons. The molecule has 0 aromatic heterocycles. The molecule has 1 aliphatic heterocycles. The highest BCUT2D eigenvalue weighted by Gasteiger charge is 2.44. The van der Waals surface area contributed by atoms with Crippen LogP contribution >= 0.6 is 11.6 Å². The van der Waals surface area contributed by atoms with Gasteiger partial charge in [0.25, 0.3) is 0 Å². The normalized spacial score (nSPS) is 24.8. The summed E-state index contributed by atoms with van der Waals surface area (Å²) in [6.45, 7) is 3.21. The third-order valence-corrected chi connectivity index (χ3v) is 8.75. The monoisotopic (exact) mass is 557 g/mol. The summed E-state index contributed by atoms with van der Waals surface area (Å²) in [5, 5.41) is 34.6. The Hall–Kier alpha value is -2.65. The maximum atomic E-state index is 13.4. The van der Waals surface area contributed by atoms with Crippen molar-refractivity contribution in [3.05, 3.63) is 69.7 Å². The number of carbonyl (C=O) groups excluding carboxylic acids is 1. The average molecular weight is 558 g/mol. The number of likely N-dealkylation sites (tertiary alicyclic amines) is 1. The molecule has 2 aromatic rings. The molecule has 2 aliphatic rings. The van der Waals surface area contributed by atoms with Crippen LogP contribution in [0.1, 0.15) is 60.8 Å². The quantitative estimate of drug-likeness (QED) is 0.297. The first-order chi connectivity index (χ1) is 18.6. The molecule has 5 atom stereocenters. The van der Waals surface area contributed by atoms with Gasteiger partial charge in [-0.3, -0.25) is 4.79 Å². The van der Waals surface area contributed by atoms with Gasteiger partial charge in [-0.05, 0) is 74.6 Å². The predicted octanol–water partition coefficient (Wildman–Crippen LogP) is 3.81. The number of aliphatic hydroxyl groups is 2. The highest BCUT2D eigenvalue weighted by atomic mass is 35.5. The van der Waals surface area contributed by atoms with Crippen LogP contribution in [0.5, 0.6) is 0 Å². The molecule has 9 heteroatoms. The molecule has 1 heterocycles. The third-order valence-electron chi connectivity index (χ3n) is 8.39. The SMILES string of the molecule is Cc1cccc(Cc2c(Cl)cccc2C(O)(CCCNC(=O)O)C2CCCN(C(=O)C3CC(N)C(O)C3)C2)c1. The van der Waals surface area contributed by atoms with E-state index in [0.717, 1.165) is 35.1 Å². The lowest BCUT2D eigenvalue weighted by Crippen LogP contribution is -2.50. The Kier molecular flexibility index (Phi) is 9.54. The maximum Gasteiger partial charge on any atom is 0.404 e. The van der Waals surface area contributed by atoms with Crippen molar-refractivity contribution in [1.82, 2.24) is 10.2 Å². The van der Waals surface area contributed by atoms with Crippen molar-refractivity contribution in [2.45, 2.75) is 69.6 Å². The molecular formula is C30H40ClN3O5.